The summed E-state index contributed by atoms with van der Waals surface area (Å²) in [5.74, 6) is -0.626. The highest BCUT2D eigenvalue weighted by molar-refractivity contribution is 6.09. The van der Waals surface area contributed by atoms with Gasteiger partial charge in [0.15, 0.2) is 28.8 Å². The van der Waals surface area contributed by atoms with Crippen LogP contribution in [0.25, 0.3) is 0 Å². The third kappa shape index (κ3) is 5.99. The van der Waals surface area contributed by atoms with E-state index in [1.54, 1.807) is 33.3 Å². The van der Waals surface area contributed by atoms with E-state index in [2.05, 4.69) is 0 Å². The second kappa shape index (κ2) is 13.0. The minimum Gasteiger partial charge on any atom is -0.504 e. The van der Waals surface area contributed by atoms with E-state index in [1.807, 2.05) is 32.0 Å². The number of carbonyl (C=O) groups excluding carboxylic acids is 2. The van der Waals surface area contributed by atoms with E-state index < -0.39 is 17.8 Å². The van der Waals surface area contributed by atoms with Gasteiger partial charge in [0, 0.05) is 35.9 Å². The molecule has 0 fully saturated rings. The van der Waals surface area contributed by atoms with Crippen LogP contribution in [0.3, 0.4) is 0 Å². The zero-order valence-electron chi connectivity index (χ0n) is 23.7. The molecule has 0 saturated heterocycles. The second-order valence-electron chi connectivity index (χ2n) is 9.74. The van der Waals surface area contributed by atoms with Crippen molar-refractivity contribution >= 4 is 17.5 Å². The molecule has 1 aliphatic heterocycles. The molecule has 3 atom stereocenters. The maximum absolute atomic E-state index is 13.9. The molecule has 40 heavy (non-hydrogen) atoms. The van der Waals surface area contributed by atoms with Crippen molar-refractivity contribution in [3.8, 4) is 23.0 Å². The highest BCUT2D eigenvalue weighted by atomic mass is 16.6. The minimum atomic E-state index is -0.805. The van der Waals surface area contributed by atoms with Crippen molar-refractivity contribution in [1.29, 1.82) is 0 Å². The summed E-state index contributed by atoms with van der Waals surface area (Å²) in [6.45, 7) is 6.73. The van der Waals surface area contributed by atoms with E-state index in [1.165, 1.54) is 6.07 Å². The number of rotatable bonds is 11. The Morgan fingerprint density at radius 1 is 0.950 bits per heavy atom. The van der Waals surface area contributed by atoms with E-state index in [9.17, 15) is 14.7 Å². The maximum Gasteiger partial charge on any atom is 0.315 e. The molecule has 1 N–H and O–H groups in total. The summed E-state index contributed by atoms with van der Waals surface area (Å²) in [7, 11) is 3.16. The van der Waals surface area contributed by atoms with Crippen LogP contribution in [0.5, 0.6) is 23.0 Å². The van der Waals surface area contributed by atoms with Gasteiger partial charge in [0.2, 0.25) is 0 Å². The molecule has 2 aliphatic rings. The lowest BCUT2D eigenvalue weighted by atomic mass is 9.69. The molecular weight excluding hydrogens is 514 g/mol. The standard InChI is InChI=1S/C31H37NO8/c1-6-38-12-13-40-31(35)28-18(3)32-22-14-21(19-9-11-25(36-4)27(16-19)37-5)15-24(34)30(22)29(28)20-8-10-23(33)26(17-20)39-7-2/h8-11,16-17,21,28-29,33H,6-7,12-15H2,1-5H3/t21-,28?,29+/m1/s1. The Hall–Kier alpha value is -3.85. The molecule has 0 spiro atoms. The number of Topliss-reactive ketones (excluding diaryl/α,β-unsaturated/α-hetero) is 1. The van der Waals surface area contributed by atoms with Gasteiger partial charge in [0.1, 0.15) is 12.5 Å². The predicted octanol–water partition coefficient (Wildman–Crippen LogP) is 4.96. The maximum atomic E-state index is 13.9. The van der Waals surface area contributed by atoms with Crippen molar-refractivity contribution < 1.29 is 38.4 Å². The molecule has 9 nitrogen and oxygen atoms in total. The van der Waals surface area contributed by atoms with Crippen molar-refractivity contribution in [2.24, 2.45) is 10.9 Å². The molecule has 1 unspecified atom stereocenters. The topological polar surface area (TPSA) is 113 Å². The van der Waals surface area contributed by atoms with Crippen molar-refractivity contribution in [2.45, 2.75) is 45.4 Å². The third-order valence-corrected chi connectivity index (χ3v) is 7.34. The fraction of sp³-hybridized carbons (Fsp3) is 0.452. The number of benzene rings is 2. The quantitative estimate of drug-likeness (QED) is 0.308. The fourth-order valence-electron chi connectivity index (χ4n) is 5.50. The van der Waals surface area contributed by atoms with Gasteiger partial charge in [0.25, 0.3) is 0 Å². The third-order valence-electron chi connectivity index (χ3n) is 7.34. The molecule has 1 aliphatic carbocycles. The van der Waals surface area contributed by atoms with Gasteiger partial charge in [0.05, 0.1) is 27.4 Å². The van der Waals surface area contributed by atoms with Crippen molar-refractivity contribution in [3.63, 3.8) is 0 Å². The monoisotopic (exact) mass is 551 g/mol. The Morgan fingerprint density at radius 2 is 1.68 bits per heavy atom. The molecule has 214 valence electrons. The molecule has 0 saturated carbocycles. The minimum absolute atomic E-state index is 0.0136. The van der Waals surface area contributed by atoms with E-state index in [0.717, 1.165) is 5.56 Å². The van der Waals surface area contributed by atoms with Crippen LogP contribution >= 0.6 is 0 Å². The van der Waals surface area contributed by atoms with Crippen molar-refractivity contribution in [1.82, 2.24) is 0 Å². The first kappa shape index (κ1) is 29.1. The summed E-state index contributed by atoms with van der Waals surface area (Å²) in [5.41, 5.74) is 3.34. The fourth-order valence-corrected chi connectivity index (χ4v) is 5.50. The number of aromatic hydroxyl groups is 1. The Bertz CT molecular complexity index is 1310. The lowest BCUT2D eigenvalue weighted by Crippen LogP contribution is -2.38. The number of carbonyl (C=O) groups is 2. The SMILES string of the molecule is CCOCCOC(=O)C1C(C)=NC2=C(C(=O)C[C@H](c3ccc(OC)c(OC)c3)C2)[C@H]1c1ccc(O)c(OCC)c1. The second-order valence-corrected chi connectivity index (χ2v) is 9.74. The van der Waals surface area contributed by atoms with Crippen LogP contribution in [0, 0.1) is 5.92 Å². The van der Waals surface area contributed by atoms with Gasteiger partial charge in [-0.15, -0.1) is 0 Å². The van der Waals surface area contributed by atoms with E-state index >= 15 is 0 Å². The van der Waals surface area contributed by atoms with Crippen LogP contribution in [0.2, 0.25) is 0 Å². The van der Waals surface area contributed by atoms with Crippen LogP contribution in [0.4, 0.5) is 0 Å². The van der Waals surface area contributed by atoms with Gasteiger partial charge >= 0.3 is 5.97 Å². The zero-order valence-corrected chi connectivity index (χ0v) is 23.7. The van der Waals surface area contributed by atoms with Crippen molar-refractivity contribution in [2.75, 3.05) is 40.6 Å². The number of phenolic OH excluding ortho intramolecular Hbond substituents is 1. The average Bonchev–Trinajstić information content (AvgIpc) is 2.95. The molecule has 0 aromatic heterocycles. The molecule has 9 heteroatoms. The van der Waals surface area contributed by atoms with Gasteiger partial charge in [-0.1, -0.05) is 12.1 Å². The first-order valence-corrected chi connectivity index (χ1v) is 13.6. The molecular formula is C31H37NO8. The lowest BCUT2D eigenvalue weighted by molar-refractivity contribution is -0.148. The van der Waals surface area contributed by atoms with E-state index in [4.69, 9.17) is 28.7 Å². The summed E-state index contributed by atoms with van der Waals surface area (Å²) in [5, 5.41) is 10.3. The Labute approximate surface area is 234 Å². The lowest BCUT2D eigenvalue weighted by Gasteiger charge is -2.36. The van der Waals surface area contributed by atoms with Gasteiger partial charge in [-0.25, -0.2) is 0 Å². The van der Waals surface area contributed by atoms with E-state index in [-0.39, 0.29) is 42.8 Å². The molecule has 1 heterocycles. The number of phenols is 1. The number of hydrogen-bond acceptors (Lipinski definition) is 9. The Kier molecular flexibility index (Phi) is 9.47. The number of aliphatic imine (C=N–C) groups is 1. The van der Waals surface area contributed by atoms with E-state index in [0.29, 0.717) is 53.7 Å². The molecule has 0 amide bonds. The van der Waals surface area contributed by atoms with Crippen molar-refractivity contribution in [3.05, 3.63) is 58.8 Å². The van der Waals surface area contributed by atoms with Crippen LogP contribution in [-0.4, -0.2) is 63.2 Å². The van der Waals surface area contributed by atoms with Gasteiger partial charge in [-0.3, -0.25) is 14.6 Å². The van der Waals surface area contributed by atoms with Gasteiger partial charge < -0.3 is 28.8 Å². The Morgan fingerprint density at radius 3 is 2.38 bits per heavy atom. The first-order valence-electron chi connectivity index (χ1n) is 13.6. The number of ketones is 1. The molecule has 4 rings (SSSR count). The normalized spacial score (nSPS) is 20.5. The molecule has 2 aromatic rings. The smallest absolute Gasteiger partial charge is 0.315 e. The first-order chi connectivity index (χ1) is 19.3. The number of allylic oxidation sites excluding steroid dienone is 2. The highest BCUT2D eigenvalue weighted by Gasteiger charge is 2.45. The summed E-state index contributed by atoms with van der Waals surface area (Å²) in [4.78, 5) is 32.1. The number of esters is 1. The number of ether oxygens (including phenoxy) is 5. The Balaban J connectivity index is 1.75. The summed E-state index contributed by atoms with van der Waals surface area (Å²) >= 11 is 0. The molecule has 0 bridgehead atoms. The van der Waals surface area contributed by atoms with Gasteiger partial charge in [-0.05, 0) is 68.5 Å². The highest BCUT2D eigenvalue weighted by Crippen LogP contribution is 2.48. The predicted molar refractivity (Wildman–Crippen MR) is 150 cm³/mol. The zero-order chi connectivity index (χ0) is 28.8. The molecule has 2 aromatic carbocycles. The largest absolute Gasteiger partial charge is 0.504 e. The van der Waals surface area contributed by atoms with Gasteiger partial charge in [-0.2, -0.15) is 0 Å². The summed E-state index contributed by atoms with van der Waals surface area (Å²) in [6.07, 6.45) is 0.773. The molecule has 0 radical (unpaired) electrons. The number of nitrogens with zero attached hydrogens (tertiary/aromatic N) is 1. The average molecular weight is 552 g/mol. The van der Waals surface area contributed by atoms with Crippen LogP contribution in [0.1, 0.15) is 56.6 Å². The van der Waals surface area contributed by atoms with Crippen LogP contribution in [-0.2, 0) is 19.1 Å². The van der Waals surface area contributed by atoms with Crippen LogP contribution < -0.4 is 14.2 Å². The number of hydrogen-bond donors (Lipinski definition) is 1. The summed E-state index contributed by atoms with van der Waals surface area (Å²) in [6, 6.07) is 10.6. The summed E-state index contributed by atoms with van der Waals surface area (Å²) < 4.78 is 27.4. The van der Waals surface area contributed by atoms with Crippen LogP contribution in [0.15, 0.2) is 52.7 Å². The number of methoxy groups -OCH3 is 2.